The van der Waals surface area contributed by atoms with E-state index in [4.69, 9.17) is 20.9 Å². The van der Waals surface area contributed by atoms with Crippen molar-refractivity contribution in [1.29, 1.82) is 0 Å². The lowest BCUT2D eigenvalue weighted by Crippen LogP contribution is -2.50. The molecule has 0 spiro atoms. The molecular weight excluding hydrogens is 884 g/mol. The van der Waals surface area contributed by atoms with Crippen LogP contribution < -0.4 is 20.9 Å². The number of nitrogens with zero attached hydrogens (tertiary/aromatic N) is 4. The highest BCUT2D eigenvalue weighted by Crippen LogP contribution is 2.34. The maximum Gasteiger partial charge on any atom is 0.239 e. The number of amides is 2. The summed E-state index contributed by atoms with van der Waals surface area (Å²) in [6, 6.07) is 25.1. The number of hydrogen-bond donors (Lipinski definition) is 2. The standard InChI is InChI=1S/C48H62Br2N6O4/c1-33-37(31-59-45-19-17-35(27-41(45)49)29-55-23-7-5-15-43(55)47(57)53(3)25-21-51)11-9-13-39(33)40-14-10-12-38(34(40)2)32-60-46-20-18-36(28-42(46)50)30-56-24-8-6-16-44(56)48(58)54(4)26-22-52/h9-14,17-20,27-28,43-44H,5-8,15-16,21-26,29-32,51-52H2,1-4H3/t43-,44-/m0/s1. The van der Waals surface area contributed by atoms with E-state index in [1.807, 2.05) is 26.2 Å². The third-order valence-corrected chi connectivity index (χ3v) is 13.4. The highest BCUT2D eigenvalue weighted by atomic mass is 79.9. The Morgan fingerprint density at radius 3 is 1.45 bits per heavy atom. The fraction of sp³-hybridized carbons (Fsp3) is 0.458. The van der Waals surface area contributed by atoms with Gasteiger partial charge in [-0.05, 0) is 153 Å². The number of halogens is 2. The van der Waals surface area contributed by atoms with Gasteiger partial charge in [0.1, 0.15) is 24.7 Å². The quantitative estimate of drug-likeness (QED) is 0.109. The molecule has 60 heavy (non-hydrogen) atoms. The summed E-state index contributed by atoms with van der Waals surface area (Å²) in [5.74, 6) is 1.87. The van der Waals surface area contributed by atoms with Gasteiger partial charge in [0.15, 0.2) is 0 Å². The SMILES string of the molecule is Cc1c(COc2ccc(CN3CCCC[C@H]3C(=O)N(C)CCN)cc2Br)cccc1-c1cccc(COc2ccc(CN3CCCC[C@H]3C(=O)N(C)CCN)cc2Br)c1C. The van der Waals surface area contributed by atoms with E-state index in [-0.39, 0.29) is 23.9 Å². The number of carbonyl (C=O) groups is 2. The third-order valence-electron chi connectivity index (χ3n) is 12.2. The molecule has 2 aliphatic rings. The first kappa shape index (κ1) is 45.7. The van der Waals surface area contributed by atoms with Crippen LogP contribution in [0.15, 0.2) is 81.7 Å². The van der Waals surface area contributed by atoms with Crippen molar-refractivity contribution < 1.29 is 19.1 Å². The van der Waals surface area contributed by atoms with Crippen molar-refractivity contribution in [2.75, 3.05) is 53.4 Å². The molecule has 12 heteroatoms. The van der Waals surface area contributed by atoms with Gasteiger partial charge in [-0.2, -0.15) is 0 Å². The number of ether oxygens (including phenoxy) is 2. The monoisotopic (exact) mass is 944 g/mol. The van der Waals surface area contributed by atoms with Crippen molar-refractivity contribution in [3.05, 3.63) is 115 Å². The number of likely N-dealkylation sites (tertiary alicyclic amines) is 2. The van der Waals surface area contributed by atoms with Crippen molar-refractivity contribution in [3.63, 3.8) is 0 Å². The molecule has 2 fully saturated rings. The Morgan fingerprint density at radius 1 is 0.650 bits per heavy atom. The lowest BCUT2D eigenvalue weighted by atomic mass is 9.92. The smallest absolute Gasteiger partial charge is 0.239 e. The molecule has 0 aliphatic carbocycles. The van der Waals surface area contributed by atoms with Crippen LogP contribution in [0.2, 0.25) is 0 Å². The Morgan fingerprint density at radius 2 is 1.07 bits per heavy atom. The van der Waals surface area contributed by atoms with E-state index in [1.54, 1.807) is 9.80 Å². The summed E-state index contributed by atoms with van der Waals surface area (Å²) in [7, 11) is 3.69. The predicted octanol–water partition coefficient (Wildman–Crippen LogP) is 8.20. The lowest BCUT2D eigenvalue weighted by molar-refractivity contribution is -0.137. The topological polar surface area (TPSA) is 118 Å². The molecule has 4 aromatic carbocycles. The molecule has 2 saturated heterocycles. The van der Waals surface area contributed by atoms with Gasteiger partial charge in [0.25, 0.3) is 0 Å². The maximum absolute atomic E-state index is 13.2. The molecule has 6 rings (SSSR count). The fourth-order valence-corrected chi connectivity index (χ4v) is 9.68. The van der Waals surface area contributed by atoms with Crippen molar-refractivity contribution in [1.82, 2.24) is 19.6 Å². The Balaban J connectivity index is 1.07. The van der Waals surface area contributed by atoms with E-state index in [0.717, 1.165) is 94.3 Å². The van der Waals surface area contributed by atoms with E-state index in [1.165, 1.54) is 22.3 Å². The zero-order valence-corrected chi connectivity index (χ0v) is 38.9. The van der Waals surface area contributed by atoms with Crippen LogP contribution in [0, 0.1) is 13.8 Å². The van der Waals surface area contributed by atoms with Crippen molar-refractivity contribution >= 4 is 43.7 Å². The van der Waals surface area contributed by atoms with Crippen LogP contribution in [0.25, 0.3) is 11.1 Å². The van der Waals surface area contributed by atoms with Gasteiger partial charge in [-0.15, -0.1) is 0 Å². The molecule has 0 radical (unpaired) electrons. The zero-order valence-electron chi connectivity index (χ0n) is 35.7. The Kier molecular flexibility index (Phi) is 16.6. The molecule has 2 atom stereocenters. The summed E-state index contributed by atoms with van der Waals surface area (Å²) in [5, 5.41) is 0. The predicted molar refractivity (Wildman–Crippen MR) is 248 cm³/mol. The molecule has 2 amide bonds. The number of hydrogen-bond acceptors (Lipinski definition) is 8. The first-order valence-corrected chi connectivity index (χ1v) is 23.0. The molecule has 322 valence electrons. The van der Waals surface area contributed by atoms with Gasteiger partial charge >= 0.3 is 0 Å². The highest BCUT2D eigenvalue weighted by molar-refractivity contribution is 9.11. The van der Waals surface area contributed by atoms with E-state index >= 15 is 0 Å². The first-order valence-electron chi connectivity index (χ1n) is 21.4. The molecule has 0 aromatic heterocycles. The van der Waals surface area contributed by atoms with Crippen LogP contribution in [0.1, 0.15) is 71.9 Å². The van der Waals surface area contributed by atoms with E-state index in [2.05, 4.69) is 116 Å². The van der Waals surface area contributed by atoms with Crippen molar-refractivity contribution in [3.8, 4) is 22.6 Å². The minimum absolute atomic E-state index is 0.115. The zero-order chi connectivity index (χ0) is 42.8. The van der Waals surface area contributed by atoms with Crippen LogP contribution in [-0.2, 0) is 35.9 Å². The average molecular weight is 947 g/mol. The minimum atomic E-state index is -0.115. The summed E-state index contributed by atoms with van der Waals surface area (Å²) < 4.78 is 14.6. The number of carbonyl (C=O) groups excluding carboxylic acids is 2. The van der Waals surface area contributed by atoms with Crippen LogP contribution in [-0.4, -0.2) is 96.9 Å². The third kappa shape index (κ3) is 11.4. The van der Waals surface area contributed by atoms with Gasteiger partial charge in [-0.25, -0.2) is 0 Å². The summed E-state index contributed by atoms with van der Waals surface area (Å²) in [5.41, 5.74) is 20.7. The normalized spacial score (nSPS) is 17.3. The number of rotatable bonds is 17. The van der Waals surface area contributed by atoms with Crippen LogP contribution in [0.4, 0.5) is 0 Å². The van der Waals surface area contributed by atoms with Crippen LogP contribution in [0.5, 0.6) is 11.5 Å². The van der Waals surface area contributed by atoms with Crippen LogP contribution >= 0.6 is 31.9 Å². The number of likely N-dealkylation sites (N-methyl/N-ethyl adjacent to an activating group) is 2. The molecule has 0 unspecified atom stereocenters. The molecule has 0 saturated carbocycles. The molecule has 10 nitrogen and oxygen atoms in total. The van der Waals surface area contributed by atoms with Gasteiger partial charge in [-0.1, -0.05) is 61.4 Å². The fourth-order valence-electron chi connectivity index (χ4n) is 8.60. The molecule has 2 heterocycles. The molecule has 4 aromatic rings. The van der Waals surface area contributed by atoms with Gasteiger partial charge < -0.3 is 30.7 Å². The number of benzene rings is 4. The second kappa shape index (κ2) is 21.8. The Bertz CT molecular complexity index is 1950. The Hall–Kier alpha value is -3.78. The molecular formula is C48H62Br2N6O4. The average Bonchev–Trinajstić information content (AvgIpc) is 3.24. The van der Waals surface area contributed by atoms with E-state index in [9.17, 15) is 9.59 Å². The summed E-state index contributed by atoms with van der Waals surface area (Å²) in [4.78, 5) is 34.5. The highest BCUT2D eigenvalue weighted by Gasteiger charge is 2.32. The summed E-state index contributed by atoms with van der Waals surface area (Å²) >= 11 is 7.54. The van der Waals surface area contributed by atoms with Crippen LogP contribution in [0.3, 0.4) is 0 Å². The van der Waals surface area contributed by atoms with Crippen molar-refractivity contribution in [2.45, 2.75) is 90.8 Å². The van der Waals surface area contributed by atoms with Gasteiger partial charge in [0, 0.05) is 53.4 Å². The first-order chi connectivity index (χ1) is 29.0. The van der Waals surface area contributed by atoms with Gasteiger partial charge in [0.2, 0.25) is 11.8 Å². The van der Waals surface area contributed by atoms with Crippen molar-refractivity contribution in [2.24, 2.45) is 11.5 Å². The van der Waals surface area contributed by atoms with Gasteiger partial charge in [-0.3, -0.25) is 19.4 Å². The second-order valence-electron chi connectivity index (χ2n) is 16.3. The minimum Gasteiger partial charge on any atom is -0.488 e. The molecule has 2 aliphatic heterocycles. The molecule has 4 N–H and O–H groups in total. The largest absolute Gasteiger partial charge is 0.488 e. The second-order valence-corrected chi connectivity index (χ2v) is 18.1. The van der Waals surface area contributed by atoms with E-state index in [0.29, 0.717) is 52.5 Å². The maximum atomic E-state index is 13.2. The summed E-state index contributed by atoms with van der Waals surface area (Å²) in [6.45, 7) is 10.5. The Labute approximate surface area is 373 Å². The van der Waals surface area contributed by atoms with Gasteiger partial charge in [0.05, 0.1) is 21.0 Å². The number of nitrogens with two attached hydrogens (primary N) is 2. The lowest BCUT2D eigenvalue weighted by Gasteiger charge is -2.36. The number of piperidine rings is 2. The van der Waals surface area contributed by atoms with E-state index < -0.39 is 0 Å². The summed E-state index contributed by atoms with van der Waals surface area (Å²) in [6.07, 6.45) is 6.07. The molecule has 0 bridgehead atoms.